The molecule has 3 fully saturated rings. The molecule has 0 bridgehead atoms. The molecule has 0 spiro atoms. The number of pyridine rings is 3. The van der Waals surface area contributed by atoms with E-state index in [9.17, 15) is 24.6 Å². The average Bonchev–Trinajstić information content (AvgIpc) is 1.63. The predicted molar refractivity (Wildman–Crippen MR) is 598 cm³/mol. The number of nitrogens with zero attached hydrogens (tertiary/aromatic N) is 15. The van der Waals surface area contributed by atoms with Crippen molar-refractivity contribution >= 4 is 101 Å². The second-order valence-corrected chi connectivity index (χ2v) is 80.6. The lowest BCUT2D eigenvalue weighted by molar-refractivity contribution is -0.148. The van der Waals surface area contributed by atoms with Crippen LogP contribution in [0.3, 0.4) is 0 Å². The summed E-state index contributed by atoms with van der Waals surface area (Å²) in [7, 11) is -4.84. The lowest BCUT2D eigenvalue weighted by Gasteiger charge is -2.35. The molecule has 3 saturated carbocycles. The number of hydrogen-bond acceptors (Lipinski definition) is 25. The van der Waals surface area contributed by atoms with E-state index >= 15 is 0 Å². The Morgan fingerprint density at radius 1 is 0.338 bits per heavy atom. The van der Waals surface area contributed by atoms with Crippen LogP contribution in [0.2, 0.25) is 154 Å². The Morgan fingerprint density at radius 3 is 0.800 bits per heavy atom. The Morgan fingerprint density at radius 2 is 0.579 bits per heavy atom. The van der Waals surface area contributed by atoms with Gasteiger partial charge in [0.05, 0.1) is 73.9 Å². The molecule has 0 amide bonds. The fourth-order valence-corrected chi connectivity index (χ4v) is 22.3. The molecule has 145 heavy (non-hydrogen) atoms. The number of aromatic nitrogens is 12. The van der Waals surface area contributed by atoms with E-state index in [0.717, 1.165) is 181 Å². The highest BCUT2D eigenvalue weighted by atomic mass is 28.3. The molecule has 3 aliphatic rings. The van der Waals surface area contributed by atoms with Gasteiger partial charge >= 0.3 is 11.9 Å². The minimum atomic E-state index is -1.27. The van der Waals surface area contributed by atoms with Gasteiger partial charge in [-0.25, -0.2) is 15.0 Å². The van der Waals surface area contributed by atoms with Crippen LogP contribution in [0.15, 0.2) is 183 Å². The largest absolute Gasteiger partial charge is 0.469 e. The summed E-state index contributed by atoms with van der Waals surface area (Å²) in [5.41, 5.74) is 14.4. The molecule has 0 radical (unpaired) electrons. The van der Waals surface area contributed by atoms with Gasteiger partial charge in [-0.2, -0.15) is 28.8 Å². The Labute approximate surface area is 865 Å². The molecule has 12 aromatic rings. The number of aliphatic hydroxyl groups is 2. The zero-order valence-electron chi connectivity index (χ0n) is 89.8. The Balaban J connectivity index is 0.000000182. The van der Waals surface area contributed by atoms with Gasteiger partial charge in [0.2, 0.25) is 0 Å². The number of rotatable bonds is 46. The summed E-state index contributed by atoms with van der Waals surface area (Å²) in [6.45, 7) is 48.9. The van der Waals surface area contributed by atoms with Crippen LogP contribution in [0.4, 0.5) is 17.5 Å². The first-order chi connectivity index (χ1) is 68.9. The van der Waals surface area contributed by atoms with E-state index in [1.807, 2.05) is 117 Å². The van der Waals surface area contributed by atoms with Crippen molar-refractivity contribution in [3.05, 3.63) is 200 Å². The lowest BCUT2D eigenvalue weighted by atomic mass is 9.76. The zero-order chi connectivity index (χ0) is 104. The second-order valence-electron chi connectivity index (χ2n) is 46.9. The normalized spacial score (nSPS) is 17.2. The highest BCUT2D eigenvalue weighted by Gasteiger charge is 2.40. The maximum Gasteiger partial charge on any atom is 0.308 e. The number of hydrogen-bond donors (Lipinski definition) is 2. The molecule has 0 unspecified atom stereocenters. The van der Waals surface area contributed by atoms with Gasteiger partial charge < -0.3 is 62.8 Å². The van der Waals surface area contributed by atoms with Crippen molar-refractivity contribution < 1.29 is 62.5 Å². The molecule has 34 heteroatoms. The molecule has 3 aromatic carbocycles. The molecule has 9 heterocycles. The maximum atomic E-state index is 12.1. The molecule has 9 aromatic heterocycles. The van der Waals surface area contributed by atoms with Gasteiger partial charge in [-0.15, -0.1) is 0 Å². The monoisotopic (exact) mass is 2080 g/mol. The average molecular weight is 2080 g/mol. The summed E-state index contributed by atoms with van der Waals surface area (Å²) < 4.78 is 53.3. The van der Waals surface area contributed by atoms with Crippen molar-refractivity contribution in [2.45, 2.75) is 273 Å². The number of benzene rings is 3. The second kappa shape index (κ2) is 50.8. The molecular weight excluding hydrogens is 1920 g/mol. The summed E-state index contributed by atoms with van der Waals surface area (Å²) in [4.78, 5) is 72.6. The first-order valence-corrected chi connectivity index (χ1v) is 74.2. The van der Waals surface area contributed by atoms with E-state index in [-0.39, 0.29) is 42.5 Å². The molecule has 3 aliphatic carbocycles. The SMILES string of the molecule is COC(=O)CC1(O)CCC(c2cc(N(COCC[Si](C)(C)C)COCC[Si](C)(C)C)n3ncc(-c4ccc(-c5ccccc5)nc4)c3n2)CC1.COC(=O)CC1(O)CCC(c2cc(N(COCC[Si](C)(C)C)COCC[Si](C)(C)C)n3ncc(-c4ccc(-c5ccccc5)nc4)c3n2)CC1.C[Si](C)(C)CCOCN(COCC[Si](C)(C)C)c1cc(C2CCC(=O)CC2)nc2c(-c3ccc(-c4ccccc4)nc3)cnn12. The van der Waals surface area contributed by atoms with Crippen LogP contribution in [0, 0.1) is 0 Å². The number of anilines is 3. The third-order valence-corrected chi connectivity index (χ3v) is 37.5. The van der Waals surface area contributed by atoms with Gasteiger partial charge in [-0.05, 0) is 119 Å². The summed E-state index contributed by atoms with van der Waals surface area (Å²) in [5, 5.41) is 37.0. The first kappa shape index (κ1) is 112. The van der Waals surface area contributed by atoms with Crippen molar-refractivity contribution in [3.8, 4) is 67.2 Å². The predicted octanol–water partition coefficient (Wildman–Crippen LogP) is 23.8. The molecule has 0 saturated heterocycles. The van der Waals surface area contributed by atoms with Crippen LogP contribution in [-0.4, -0.2) is 241 Å². The zero-order valence-corrected chi connectivity index (χ0v) is 95.8. The Kier molecular flexibility index (Phi) is 39.3. The number of carbonyl (C=O) groups excluding carboxylic acids is 3. The standard InChI is InChI=1S/2C38H55N5O5Si2.C35H49N5O3Si2/c2*1-46-36(44)24-38(45)17-15-30(16-18-38)34-23-35(42(27-47-19-21-49(2,3)4)28-48-20-22-50(5,6)7)43-37(41-34)32(26-40-43)31-13-14-33(39-25-31)29-11-9-8-10-12-29;1-44(2,3)20-18-42-25-39(26-43-19-21-45(4,5)6)34-22-33(28-12-15-30(41)16-13-28)38-35-31(24-37-40(34)35)29-14-17-32(36-23-29)27-10-8-7-9-11-27/h2*8-14,23,25-26,30,45H,15-22,24,27-28H2,1-7H3;7-11,14,17,22-24,28H,12-13,15-16,18-21,25-26H2,1-6H3. The maximum absolute atomic E-state index is 12.1. The van der Waals surface area contributed by atoms with Crippen molar-refractivity contribution in [2.75, 3.05) is 109 Å². The minimum Gasteiger partial charge on any atom is -0.469 e. The molecule has 28 nitrogen and oxygen atoms in total. The summed E-state index contributed by atoms with van der Waals surface area (Å²) >= 11 is 0. The van der Waals surface area contributed by atoms with Gasteiger partial charge in [0.1, 0.15) is 63.6 Å². The summed E-state index contributed by atoms with van der Waals surface area (Å²) in [5.74, 6) is 2.58. The van der Waals surface area contributed by atoms with Crippen LogP contribution in [0.5, 0.6) is 0 Å². The fraction of sp³-hybridized carbons (Fsp3) is 0.514. The smallest absolute Gasteiger partial charge is 0.308 e. The number of carbonyl (C=O) groups is 3. The van der Waals surface area contributed by atoms with Crippen molar-refractivity contribution in [1.29, 1.82) is 0 Å². The number of fused-ring (bicyclic) bond motifs is 3. The van der Waals surface area contributed by atoms with E-state index in [0.29, 0.717) is 137 Å². The third kappa shape index (κ3) is 33.7. The number of ketones is 1. The van der Waals surface area contributed by atoms with Crippen LogP contribution in [0.25, 0.3) is 84.1 Å². The molecule has 780 valence electrons. The van der Waals surface area contributed by atoms with Gasteiger partial charge in [-0.1, -0.05) is 227 Å². The lowest BCUT2D eigenvalue weighted by Crippen LogP contribution is -2.36. The molecule has 2 N–H and O–H groups in total. The van der Waals surface area contributed by atoms with Crippen LogP contribution in [0.1, 0.15) is 125 Å². The number of esters is 2. The van der Waals surface area contributed by atoms with E-state index in [1.165, 1.54) is 14.2 Å². The highest BCUT2D eigenvalue weighted by molar-refractivity contribution is 6.78. The molecular formula is C111H159N15O13Si6. The van der Waals surface area contributed by atoms with Crippen molar-refractivity contribution in [3.63, 3.8) is 0 Å². The van der Waals surface area contributed by atoms with Gasteiger partial charge in [0, 0.05) is 223 Å². The quantitative estimate of drug-likeness (QED) is 0.0155. The summed E-state index contributed by atoms with van der Waals surface area (Å²) in [6.07, 6.45) is 18.9. The van der Waals surface area contributed by atoms with Crippen molar-refractivity contribution in [2.24, 2.45) is 0 Å². The molecule has 0 atom stereocenters. The van der Waals surface area contributed by atoms with Gasteiger partial charge in [0.15, 0.2) is 16.9 Å². The van der Waals surface area contributed by atoms with Gasteiger partial charge in [0.25, 0.3) is 0 Å². The minimum absolute atomic E-state index is 0.00395. The Bertz CT molecular complexity index is 5800. The molecule has 0 aliphatic heterocycles. The van der Waals surface area contributed by atoms with Crippen molar-refractivity contribution in [1.82, 2.24) is 58.7 Å². The summed E-state index contributed by atoms with van der Waals surface area (Å²) in [6, 6.07) is 55.7. The topological polar surface area (TPSA) is 304 Å². The number of Topliss-reactive ketones (excluding diaryl/α,β-unsaturated/α-hetero) is 1. The van der Waals surface area contributed by atoms with Crippen LogP contribution < -0.4 is 14.7 Å². The van der Waals surface area contributed by atoms with E-state index in [2.05, 4.69) is 211 Å². The van der Waals surface area contributed by atoms with E-state index < -0.39 is 59.6 Å². The number of ether oxygens (including phenoxy) is 8. The number of methoxy groups -OCH3 is 2. The third-order valence-electron chi connectivity index (χ3n) is 27.3. The van der Waals surface area contributed by atoms with Gasteiger partial charge in [-0.3, -0.25) is 29.3 Å². The first-order valence-electron chi connectivity index (χ1n) is 52.0. The highest BCUT2D eigenvalue weighted by Crippen LogP contribution is 2.45. The van der Waals surface area contributed by atoms with Crippen LogP contribution >= 0.6 is 0 Å². The van der Waals surface area contributed by atoms with E-state index in [1.54, 1.807) is 0 Å². The fourth-order valence-electron chi connectivity index (χ4n) is 17.8. The van der Waals surface area contributed by atoms with Crippen LogP contribution in [-0.2, 0) is 52.3 Å². The Hall–Kier alpha value is -10.0. The molecule has 15 rings (SSSR count). The van der Waals surface area contributed by atoms with E-state index in [4.69, 9.17) is 83.1 Å².